The first-order chi connectivity index (χ1) is 16.6. The highest BCUT2D eigenvalue weighted by Gasteiger charge is 2.48. The highest BCUT2D eigenvalue weighted by Crippen LogP contribution is 2.36. The van der Waals surface area contributed by atoms with Gasteiger partial charge >= 0.3 is 0 Å². The van der Waals surface area contributed by atoms with Gasteiger partial charge in [0.2, 0.25) is 12.7 Å². The van der Waals surface area contributed by atoms with E-state index >= 15 is 0 Å². The maximum Gasteiger partial charge on any atom is 0.273 e. The summed E-state index contributed by atoms with van der Waals surface area (Å²) in [6, 6.07) is 7.70. The van der Waals surface area contributed by atoms with Crippen molar-refractivity contribution in [3.63, 3.8) is 0 Å². The van der Waals surface area contributed by atoms with E-state index in [0.29, 0.717) is 30.3 Å². The fourth-order valence-corrected chi connectivity index (χ4v) is 5.24. The Kier molecular flexibility index (Phi) is 6.01. The molecule has 3 aliphatic rings. The van der Waals surface area contributed by atoms with Gasteiger partial charge < -0.3 is 19.7 Å². The van der Waals surface area contributed by atoms with Crippen LogP contribution in [-0.4, -0.2) is 44.9 Å². The second kappa shape index (κ2) is 8.88. The molecular formula is C27H36N4O4. The van der Waals surface area contributed by atoms with E-state index in [1.165, 1.54) is 12.8 Å². The molecule has 1 fully saturated rings. The molecule has 8 heteroatoms. The van der Waals surface area contributed by atoms with E-state index in [0.717, 1.165) is 36.9 Å². The highest BCUT2D eigenvalue weighted by molar-refractivity contribution is 5.99. The first kappa shape index (κ1) is 23.7. The van der Waals surface area contributed by atoms with Gasteiger partial charge in [0.1, 0.15) is 11.2 Å². The second-order valence-corrected chi connectivity index (χ2v) is 11.3. The van der Waals surface area contributed by atoms with Gasteiger partial charge in [0.05, 0.1) is 12.2 Å². The molecule has 1 aromatic heterocycles. The van der Waals surface area contributed by atoms with E-state index in [4.69, 9.17) is 14.6 Å². The van der Waals surface area contributed by atoms with Crippen molar-refractivity contribution in [2.45, 2.75) is 96.3 Å². The fraction of sp³-hybridized carbons (Fsp3) is 0.593. The van der Waals surface area contributed by atoms with Gasteiger partial charge in [-0.1, -0.05) is 52.5 Å². The quantitative estimate of drug-likeness (QED) is 0.664. The molecule has 35 heavy (non-hydrogen) atoms. The molecule has 2 amide bonds. The molecule has 2 aromatic rings. The SMILES string of the molecule is CC(C)(C)c1cc2n(n1)CC(C)(C(=O)NC1CCCCCC1)N(Cc1ccc3c(c1)OCO3)C2=O. The molecule has 0 bridgehead atoms. The number of amides is 2. The minimum atomic E-state index is -1.08. The molecule has 1 saturated carbocycles. The molecule has 8 nitrogen and oxygen atoms in total. The van der Waals surface area contributed by atoms with Crippen LogP contribution in [0.5, 0.6) is 11.5 Å². The van der Waals surface area contributed by atoms with E-state index in [1.807, 2.05) is 31.2 Å². The van der Waals surface area contributed by atoms with Crippen LogP contribution in [0.4, 0.5) is 0 Å². The Morgan fingerprint density at radius 1 is 1.11 bits per heavy atom. The number of benzene rings is 1. The van der Waals surface area contributed by atoms with Crippen LogP contribution in [-0.2, 0) is 23.3 Å². The minimum absolute atomic E-state index is 0.114. The van der Waals surface area contributed by atoms with Crippen molar-refractivity contribution in [2.75, 3.05) is 6.79 Å². The van der Waals surface area contributed by atoms with E-state index in [1.54, 1.807) is 9.58 Å². The van der Waals surface area contributed by atoms with E-state index in [9.17, 15) is 9.59 Å². The first-order valence-electron chi connectivity index (χ1n) is 12.7. The van der Waals surface area contributed by atoms with Crippen LogP contribution in [0.2, 0.25) is 0 Å². The van der Waals surface area contributed by atoms with Gasteiger partial charge in [-0.2, -0.15) is 5.10 Å². The number of fused-ring (bicyclic) bond motifs is 2. The number of rotatable bonds is 4. The summed E-state index contributed by atoms with van der Waals surface area (Å²) >= 11 is 0. The maximum absolute atomic E-state index is 13.9. The van der Waals surface area contributed by atoms with Crippen LogP contribution in [0.3, 0.4) is 0 Å². The van der Waals surface area contributed by atoms with Crippen molar-refractivity contribution >= 4 is 11.8 Å². The number of nitrogens with zero attached hydrogens (tertiary/aromatic N) is 3. The average Bonchev–Trinajstić information content (AvgIpc) is 3.37. The van der Waals surface area contributed by atoms with Crippen molar-refractivity contribution in [3.05, 3.63) is 41.2 Å². The number of hydrogen-bond acceptors (Lipinski definition) is 5. The lowest BCUT2D eigenvalue weighted by Crippen LogP contribution is -2.64. The molecule has 0 radical (unpaired) electrons. The summed E-state index contributed by atoms with van der Waals surface area (Å²) in [5.74, 6) is 1.06. The van der Waals surface area contributed by atoms with Crippen LogP contribution in [0, 0.1) is 0 Å². The van der Waals surface area contributed by atoms with E-state index < -0.39 is 5.54 Å². The Morgan fingerprint density at radius 2 is 1.83 bits per heavy atom. The molecule has 1 N–H and O–H groups in total. The summed E-state index contributed by atoms with van der Waals surface area (Å²) in [5.41, 5.74) is 0.979. The van der Waals surface area contributed by atoms with Crippen LogP contribution < -0.4 is 14.8 Å². The molecule has 188 valence electrons. The molecule has 2 aliphatic heterocycles. The first-order valence-corrected chi connectivity index (χ1v) is 12.7. The van der Waals surface area contributed by atoms with Gasteiger partial charge in [-0.15, -0.1) is 0 Å². The zero-order valence-corrected chi connectivity index (χ0v) is 21.2. The predicted octanol–water partition coefficient (Wildman–Crippen LogP) is 4.16. The van der Waals surface area contributed by atoms with Gasteiger partial charge in [0.15, 0.2) is 11.5 Å². The van der Waals surface area contributed by atoms with Crippen molar-refractivity contribution in [3.8, 4) is 11.5 Å². The average molecular weight is 481 g/mol. The molecule has 0 saturated heterocycles. The number of nitrogens with one attached hydrogen (secondary N) is 1. The van der Waals surface area contributed by atoms with Crippen molar-refractivity contribution in [1.29, 1.82) is 0 Å². The molecule has 3 heterocycles. The summed E-state index contributed by atoms with van der Waals surface area (Å²) in [6.45, 7) is 8.90. The monoisotopic (exact) mass is 480 g/mol. The van der Waals surface area contributed by atoms with Crippen LogP contribution in [0.1, 0.15) is 88.0 Å². The number of carbonyl (C=O) groups is 2. The number of aromatic nitrogens is 2. The zero-order valence-electron chi connectivity index (χ0n) is 21.2. The van der Waals surface area contributed by atoms with E-state index in [-0.39, 0.29) is 30.1 Å². The topological polar surface area (TPSA) is 85.7 Å². The molecule has 1 aromatic carbocycles. The predicted molar refractivity (Wildman–Crippen MR) is 131 cm³/mol. The van der Waals surface area contributed by atoms with Gasteiger partial charge in [0, 0.05) is 18.0 Å². The largest absolute Gasteiger partial charge is 0.454 e. The van der Waals surface area contributed by atoms with Crippen molar-refractivity contribution in [1.82, 2.24) is 20.0 Å². The molecule has 1 atom stereocenters. The third-order valence-corrected chi connectivity index (χ3v) is 7.52. The zero-order chi connectivity index (χ0) is 24.8. The Morgan fingerprint density at radius 3 is 2.54 bits per heavy atom. The Balaban J connectivity index is 1.49. The van der Waals surface area contributed by atoms with Crippen molar-refractivity contribution < 1.29 is 19.1 Å². The Labute approximate surface area is 207 Å². The highest BCUT2D eigenvalue weighted by atomic mass is 16.7. The van der Waals surface area contributed by atoms with Gasteiger partial charge in [-0.05, 0) is 43.5 Å². The molecule has 5 rings (SSSR count). The maximum atomic E-state index is 13.9. The summed E-state index contributed by atoms with van der Waals surface area (Å²) in [6.07, 6.45) is 6.65. The summed E-state index contributed by atoms with van der Waals surface area (Å²) < 4.78 is 12.7. The van der Waals surface area contributed by atoms with E-state index in [2.05, 4.69) is 26.1 Å². The normalized spacial score (nSPS) is 22.6. The summed E-state index contributed by atoms with van der Waals surface area (Å²) in [4.78, 5) is 29.5. The number of carbonyl (C=O) groups excluding carboxylic acids is 2. The number of hydrogen-bond donors (Lipinski definition) is 1. The fourth-order valence-electron chi connectivity index (χ4n) is 5.24. The van der Waals surface area contributed by atoms with Gasteiger partial charge in [0.25, 0.3) is 5.91 Å². The third-order valence-electron chi connectivity index (χ3n) is 7.52. The Bertz CT molecular complexity index is 1130. The second-order valence-electron chi connectivity index (χ2n) is 11.3. The summed E-state index contributed by atoms with van der Waals surface area (Å²) in [7, 11) is 0. The lowest BCUT2D eigenvalue weighted by Gasteiger charge is -2.44. The standard InChI is InChI=1S/C27H36N4O4/c1-26(2,3)23-14-20-24(32)30(15-18-11-12-21-22(13-18)35-17-34-21)27(4,16-31(20)29-23)25(33)28-19-9-7-5-6-8-10-19/h11-14,19H,5-10,15-17H2,1-4H3,(H,28,33). The minimum Gasteiger partial charge on any atom is -0.454 e. The molecule has 1 aliphatic carbocycles. The summed E-state index contributed by atoms with van der Waals surface area (Å²) in [5, 5.41) is 8.05. The van der Waals surface area contributed by atoms with Crippen LogP contribution in [0.25, 0.3) is 0 Å². The lowest BCUT2D eigenvalue weighted by atomic mass is 9.91. The van der Waals surface area contributed by atoms with Gasteiger partial charge in [-0.3, -0.25) is 14.3 Å². The molecular weight excluding hydrogens is 444 g/mol. The van der Waals surface area contributed by atoms with Crippen molar-refractivity contribution in [2.24, 2.45) is 0 Å². The third kappa shape index (κ3) is 4.50. The molecule has 0 spiro atoms. The Hall–Kier alpha value is -3.03. The smallest absolute Gasteiger partial charge is 0.273 e. The lowest BCUT2D eigenvalue weighted by molar-refractivity contribution is -0.134. The van der Waals surface area contributed by atoms with Gasteiger partial charge in [-0.25, -0.2) is 0 Å². The van der Waals surface area contributed by atoms with Crippen LogP contribution >= 0.6 is 0 Å². The van der Waals surface area contributed by atoms with Crippen LogP contribution in [0.15, 0.2) is 24.3 Å². The number of ether oxygens (including phenoxy) is 2. The molecule has 1 unspecified atom stereocenters.